The molecule has 4 N–H and O–H groups in total. The van der Waals surface area contributed by atoms with Crippen molar-refractivity contribution >= 4 is 21.9 Å². The fraction of sp³-hybridized carbons (Fsp3) is 0.333. The molecule has 0 aromatic heterocycles. The fourth-order valence-corrected chi connectivity index (χ4v) is 3.54. The number of hydrogen-bond acceptors (Lipinski definition) is 5. The number of nitrogens with two attached hydrogens (primary N) is 1. The van der Waals surface area contributed by atoms with Gasteiger partial charge in [0.1, 0.15) is 11.9 Å². The van der Waals surface area contributed by atoms with Crippen LogP contribution in [0, 0.1) is 0 Å². The van der Waals surface area contributed by atoms with Gasteiger partial charge in [0.2, 0.25) is 15.9 Å². The first-order valence-electron chi connectivity index (χ1n) is 9.81. The topological polar surface area (TPSA) is 126 Å². The number of nitrogens with one attached hydrogen (secondary N) is 2. The average Bonchev–Trinajstić information content (AvgIpc) is 3.15. The van der Waals surface area contributed by atoms with Gasteiger partial charge in [-0.25, -0.2) is 18.5 Å². The largest absolute Gasteiger partial charge is 0.488 e. The van der Waals surface area contributed by atoms with Gasteiger partial charge >= 0.3 is 0 Å². The summed E-state index contributed by atoms with van der Waals surface area (Å²) in [5.74, 6) is 1.26. The summed E-state index contributed by atoms with van der Waals surface area (Å²) in [5.41, 5.74) is 1.97. The molecule has 0 fully saturated rings. The highest BCUT2D eigenvalue weighted by Gasteiger charge is 2.22. The van der Waals surface area contributed by atoms with Crippen molar-refractivity contribution < 1.29 is 17.9 Å². The lowest BCUT2D eigenvalue weighted by molar-refractivity contribution is -0.127. The predicted molar refractivity (Wildman–Crippen MR) is 118 cm³/mol. The molecule has 3 rings (SSSR count). The first kappa shape index (κ1) is 22.6. The van der Waals surface area contributed by atoms with Crippen LogP contribution >= 0.6 is 0 Å². The number of benzene rings is 2. The van der Waals surface area contributed by atoms with Crippen LogP contribution in [0.3, 0.4) is 0 Å². The van der Waals surface area contributed by atoms with Gasteiger partial charge in [-0.1, -0.05) is 30.3 Å². The lowest BCUT2D eigenvalue weighted by Gasteiger charge is -2.17. The molecule has 2 aromatic rings. The van der Waals surface area contributed by atoms with Crippen molar-refractivity contribution in [2.24, 2.45) is 10.1 Å². The van der Waals surface area contributed by atoms with E-state index in [2.05, 4.69) is 15.6 Å². The van der Waals surface area contributed by atoms with E-state index < -0.39 is 10.0 Å². The van der Waals surface area contributed by atoms with Crippen molar-refractivity contribution in [3.05, 3.63) is 59.7 Å². The molecule has 31 heavy (non-hydrogen) atoms. The van der Waals surface area contributed by atoms with Crippen LogP contribution in [0.15, 0.2) is 58.4 Å². The zero-order valence-corrected chi connectivity index (χ0v) is 18.4. The van der Waals surface area contributed by atoms with E-state index in [0.717, 1.165) is 17.7 Å². The van der Waals surface area contributed by atoms with Crippen molar-refractivity contribution in [1.82, 2.24) is 15.5 Å². The lowest BCUT2D eigenvalue weighted by Crippen LogP contribution is -2.45. The van der Waals surface area contributed by atoms with Crippen LogP contribution in [0.25, 0.3) is 0 Å². The standard InChI is InChI=1S/C21H27N5O4S/c1-26(2)20(27)14-25-21(23-12-15-7-9-18(10-8-15)31(22,28)29)24-13-17-11-16-5-3-4-6-19(16)30-17/h3-10,17H,11-14H2,1-2H3,(H2,22,28,29)(H2,23,24,25). The van der Waals surface area contributed by atoms with Crippen LogP contribution in [0.5, 0.6) is 5.75 Å². The number of rotatable bonds is 7. The third-order valence-corrected chi connectivity index (χ3v) is 5.72. The quantitative estimate of drug-likeness (QED) is 0.420. The van der Waals surface area contributed by atoms with E-state index in [1.165, 1.54) is 22.6 Å². The minimum Gasteiger partial charge on any atom is -0.488 e. The summed E-state index contributed by atoms with van der Waals surface area (Å²) in [6.45, 7) is 0.901. The Hall–Kier alpha value is -3.11. The molecule has 0 spiro atoms. The van der Waals surface area contributed by atoms with Gasteiger partial charge in [0.15, 0.2) is 5.96 Å². The first-order chi connectivity index (χ1) is 14.7. The highest BCUT2D eigenvalue weighted by molar-refractivity contribution is 7.89. The van der Waals surface area contributed by atoms with Crippen molar-refractivity contribution in [2.45, 2.75) is 24.0 Å². The van der Waals surface area contributed by atoms with Gasteiger partial charge in [-0.15, -0.1) is 0 Å². The Morgan fingerprint density at radius 3 is 2.52 bits per heavy atom. The Kier molecular flexibility index (Phi) is 7.13. The van der Waals surface area contributed by atoms with E-state index >= 15 is 0 Å². The Balaban J connectivity index is 1.63. The number of hydrogen-bond donors (Lipinski definition) is 3. The maximum Gasteiger partial charge on any atom is 0.241 e. The van der Waals surface area contributed by atoms with Crippen LogP contribution in [0.4, 0.5) is 0 Å². The second-order valence-corrected chi connectivity index (χ2v) is 8.99. The third kappa shape index (κ3) is 6.43. The first-order valence-corrected chi connectivity index (χ1v) is 11.4. The van der Waals surface area contributed by atoms with E-state index in [9.17, 15) is 13.2 Å². The maximum atomic E-state index is 11.9. The second kappa shape index (κ2) is 9.80. The highest BCUT2D eigenvalue weighted by Crippen LogP contribution is 2.27. The summed E-state index contributed by atoms with van der Waals surface area (Å²) in [6, 6.07) is 14.1. The third-order valence-electron chi connectivity index (χ3n) is 4.79. The molecule has 1 heterocycles. The SMILES string of the molecule is CN(C)C(=O)CNC(=NCc1ccc(S(N)(=O)=O)cc1)NCC1Cc2ccccc2O1. The summed E-state index contributed by atoms with van der Waals surface area (Å²) < 4.78 is 28.7. The number of nitrogens with zero attached hydrogens (tertiary/aromatic N) is 2. The molecule has 0 saturated heterocycles. The van der Waals surface area contributed by atoms with E-state index in [-0.39, 0.29) is 23.5 Å². The highest BCUT2D eigenvalue weighted by atomic mass is 32.2. The Labute approximate surface area is 182 Å². The van der Waals surface area contributed by atoms with Gasteiger partial charge < -0.3 is 20.3 Å². The molecule has 1 atom stereocenters. The molecule has 1 amide bonds. The molecule has 1 aliphatic rings. The summed E-state index contributed by atoms with van der Waals surface area (Å²) >= 11 is 0. The van der Waals surface area contributed by atoms with E-state index in [0.29, 0.717) is 19.0 Å². The molecule has 0 bridgehead atoms. The van der Waals surface area contributed by atoms with Gasteiger partial charge in [0.05, 0.1) is 24.5 Å². The fourth-order valence-electron chi connectivity index (χ4n) is 3.02. The van der Waals surface area contributed by atoms with Crippen molar-refractivity contribution in [3.63, 3.8) is 0 Å². The number of aliphatic imine (C=N–C) groups is 1. The Morgan fingerprint density at radius 1 is 1.16 bits per heavy atom. The lowest BCUT2D eigenvalue weighted by atomic mass is 10.1. The smallest absolute Gasteiger partial charge is 0.241 e. The number of carbonyl (C=O) groups excluding carboxylic acids is 1. The van der Waals surface area contributed by atoms with Crippen LogP contribution in [-0.2, 0) is 27.8 Å². The molecule has 1 unspecified atom stereocenters. The summed E-state index contributed by atoms with van der Waals surface area (Å²) in [6.07, 6.45) is 0.755. The van der Waals surface area contributed by atoms with Gasteiger partial charge in [-0.2, -0.15) is 0 Å². The molecule has 0 saturated carbocycles. The molecule has 9 nitrogen and oxygen atoms in total. The molecule has 2 aromatic carbocycles. The number of amides is 1. The maximum absolute atomic E-state index is 11.9. The van der Waals surface area contributed by atoms with Crippen molar-refractivity contribution in [2.75, 3.05) is 27.2 Å². The summed E-state index contributed by atoms with van der Waals surface area (Å²) in [4.78, 5) is 18.0. The zero-order chi connectivity index (χ0) is 22.4. The van der Waals surface area contributed by atoms with Crippen LogP contribution in [0.1, 0.15) is 11.1 Å². The number of fused-ring (bicyclic) bond motifs is 1. The normalized spacial score (nSPS) is 15.7. The Bertz CT molecular complexity index is 1030. The van der Waals surface area contributed by atoms with Gasteiger partial charge in [-0.05, 0) is 29.3 Å². The summed E-state index contributed by atoms with van der Waals surface area (Å²) in [7, 11) is -0.364. The Morgan fingerprint density at radius 2 is 1.87 bits per heavy atom. The number of primary sulfonamides is 1. The van der Waals surface area contributed by atoms with Gasteiger partial charge in [-0.3, -0.25) is 4.79 Å². The van der Waals surface area contributed by atoms with Crippen LogP contribution in [0.2, 0.25) is 0 Å². The second-order valence-electron chi connectivity index (χ2n) is 7.43. The monoisotopic (exact) mass is 445 g/mol. The number of likely N-dealkylation sites (N-methyl/N-ethyl adjacent to an activating group) is 1. The zero-order valence-electron chi connectivity index (χ0n) is 17.5. The average molecular weight is 446 g/mol. The van der Waals surface area contributed by atoms with Gasteiger partial charge in [0.25, 0.3) is 0 Å². The number of guanidine groups is 1. The minimum absolute atomic E-state index is 0.0389. The predicted octanol–water partition coefficient (Wildman–Crippen LogP) is 0.461. The molecule has 166 valence electrons. The number of sulfonamides is 1. The number of carbonyl (C=O) groups is 1. The van der Waals surface area contributed by atoms with E-state index in [1.54, 1.807) is 26.2 Å². The van der Waals surface area contributed by atoms with Crippen molar-refractivity contribution in [1.29, 1.82) is 0 Å². The van der Waals surface area contributed by atoms with Crippen LogP contribution < -0.4 is 20.5 Å². The van der Waals surface area contributed by atoms with Crippen molar-refractivity contribution in [3.8, 4) is 5.75 Å². The number of ether oxygens (including phenoxy) is 1. The molecule has 1 aliphatic heterocycles. The number of para-hydroxylation sites is 1. The van der Waals surface area contributed by atoms with Gasteiger partial charge in [0, 0.05) is 20.5 Å². The molecular formula is C21H27N5O4S. The summed E-state index contributed by atoms with van der Waals surface area (Å²) in [5, 5.41) is 11.4. The van der Waals surface area contributed by atoms with E-state index in [1.807, 2.05) is 24.3 Å². The van der Waals surface area contributed by atoms with Crippen LogP contribution in [-0.4, -0.2) is 58.5 Å². The minimum atomic E-state index is -3.73. The molecule has 0 radical (unpaired) electrons. The molecular weight excluding hydrogens is 418 g/mol. The molecule has 0 aliphatic carbocycles. The molecule has 10 heteroatoms. The van der Waals surface area contributed by atoms with E-state index in [4.69, 9.17) is 9.88 Å².